The van der Waals surface area contributed by atoms with Crippen molar-refractivity contribution < 1.29 is 9.53 Å². The predicted octanol–water partition coefficient (Wildman–Crippen LogP) is 3.67. The van der Waals surface area contributed by atoms with Gasteiger partial charge in [0.2, 0.25) is 5.91 Å². The largest absolute Gasteiger partial charge is 0.497 e. The Kier molecular flexibility index (Phi) is 5.01. The van der Waals surface area contributed by atoms with Gasteiger partial charge in [-0.3, -0.25) is 9.69 Å². The maximum atomic E-state index is 11.8. The third kappa shape index (κ3) is 3.45. The van der Waals surface area contributed by atoms with Crippen LogP contribution in [0.5, 0.6) is 5.75 Å². The van der Waals surface area contributed by atoms with E-state index in [1.807, 2.05) is 24.3 Å². The zero-order chi connectivity index (χ0) is 19.7. The van der Waals surface area contributed by atoms with Gasteiger partial charge in [0.1, 0.15) is 5.75 Å². The second kappa shape index (κ2) is 7.60. The van der Waals surface area contributed by atoms with Crippen molar-refractivity contribution in [2.75, 3.05) is 13.7 Å². The first-order chi connectivity index (χ1) is 13.6. The number of likely N-dealkylation sites (tertiary alicyclic amines) is 1. The van der Waals surface area contributed by atoms with Gasteiger partial charge >= 0.3 is 0 Å². The average molecular weight is 375 g/mol. The van der Waals surface area contributed by atoms with Crippen LogP contribution in [0.15, 0.2) is 48.5 Å². The van der Waals surface area contributed by atoms with Crippen LogP contribution in [0.3, 0.4) is 0 Å². The predicted molar refractivity (Wildman–Crippen MR) is 111 cm³/mol. The third-order valence-electron chi connectivity index (χ3n) is 5.56. The molecule has 0 unspecified atom stereocenters. The van der Waals surface area contributed by atoms with Crippen LogP contribution in [0.25, 0.3) is 22.2 Å². The SMILES string of the molecule is COc1ccc(-c2nc3c(C)cccc3cc2CN2CCC[C@H]2C(N)=O)cc1. The highest BCUT2D eigenvalue weighted by molar-refractivity contribution is 5.86. The fourth-order valence-electron chi connectivity index (χ4n) is 4.07. The van der Waals surface area contributed by atoms with E-state index in [1.54, 1.807) is 7.11 Å². The Morgan fingerprint density at radius 3 is 2.75 bits per heavy atom. The molecule has 0 spiro atoms. The molecule has 5 nitrogen and oxygen atoms in total. The van der Waals surface area contributed by atoms with Crippen molar-refractivity contribution in [2.24, 2.45) is 5.73 Å². The van der Waals surface area contributed by atoms with Gasteiger partial charge in [0.05, 0.1) is 24.4 Å². The van der Waals surface area contributed by atoms with E-state index < -0.39 is 0 Å². The van der Waals surface area contributed by atoms with Crippen molar-refractivity contribution >= 4 is 16.8 Å². The molecule has 0 radical (unpaired) electrons. The van der Waals surface area contributed by atoms with Crippen LogP contribution in [0.1, 0.15) is 24.0 Å². The van der Waals surface area contributed by atoms with Gasteiger partial charge in [-0.1, -0.05) is 18.2 Å². The summed E-state index contributed by atoms with van der Waals surface area (Å²) >= 11 is 0. The molecular weight excluding hydrogens is 350 g/mol. The summed E-state index contributed by atoms with van der Waals surface area (Å²) in [5.41, 5.74) is 10.9. The first-order valence-corrected chi connectivity index (χ1v) is 9.64. The Balaban J connectivity index is 1.81. The number of pyridine rings is 1. The molecule has 2 heterocycles. The number of nitrogens with two attached hydrogens (primary N) is 1. The van der Waals surface area contributed by atoms with Gasteiger partial charge in [0.15, 0.2) is 0 Å². The molecule has 0 aliphatic carbocycles. The van der Waals surface area contributed by atoms with Crippen molar-refractivity contribution in [3.63, 3.8) is 0 Å². The summed E-state index contributed by atoms with van der Waals surface area (Å²) in [5.74, 6) is 0.573. The molecule has 0 saturated carbocycles. The number of methoxy groups -OCH3 is 1. The lowest BCUT2D eigenvalue weighted by Crippen LogP contribution is -2.39. The van der Waals surface area contributed by atoms with Crippen LogP contribution >= 0.6 is 0 Å². The van der Waals surface area contributed by atoms with Gasteiger partial charge in [0, 0.05) is 17.5 Å². The number of carbonyl (C=O) groups is 1. The lowest BCUT2D eigenvalue weighted by molar-refractivity contribution is -0.122. The number of carbonyl (C=O) groups excluding carboxylic acids is 1. The quantitative estimate of drug-likeness (QED) is 0.739. The normalized spacial score (nSPS) is 17.1. The van der Waals surface area contributed by atoms with Crippen LogP contribution in [0, 0.1) is 6.92 Å². The molecule has 1 amide bonds. The van der Waals surface area contributed by atoms with Gasteiger partial charge in [0.25, 0.3) is 0 Å². The molecule has 2 aromatic carbocycles. The van der Waals surface area contributed by atoms with E-state index in [0.717, 1.165) is 58.4 Å². The highest BCUT2D eigenvalue weighted by Crippen LogP contribution is 2.31. The molecule has 5 heteroatoms. The van der Waals surface area contributed by atoms with Crippen molar-refractivity contribution in [3.05, 3.63) is 59.7 Å². The zero-order valence-electron chi connectivity index (χ0n) is 16.3. The van der Waals surface area contributed by atoms with Gasteiger partial charge in [-0.15, -0.1) is 0 Å². The number of nitrogens with zero attached hydrogens (tertiary/aromatic N) is 2. The molecule has 144 valence electrons. The van der Waals surface area contributed by atoms with E-state index >= 15 is 0 Å². The Morgan fingerprint density at radius 1 is 1.25 bits per heavy atom. The van der Waals surface area contributed by atoms with Crippen molar-refractivity contribution in [1.29, 1.82) is 0 Å². The molecule has 1 saturated heterocycles. The molecule has 1 aromatic heterocycles. The number of amides is 1. The first-order valence-electron chi connectivity index (χ1n) is 9.64. The maximum absolute atomic E-state index is 11.8. The van der Waals surface area contributed by atoms with Crippen molar-refractivity contribution in [3.8, 4) is 17.0 Å². The number of hydrogen-bond acceptors (Lipinski definition) is 4. The molecule has 1 atom stereocenters. The number of benzene rings is 2. The van der Waals surface area contributed by atoms with Crippen LogP contribution in [-0.4, -0.2) is 35.5 Å². The number of para-hydroxylation sites is 1. The summed E-state index contributed by atoms with van der Waals surface area (Å²) < 4.78 is 5.29. The fourth-order valence-corrected chi connectivity index (χ4v) is 4.07. The third-order valence-corrected chi connectivity index (χ3v) is 5.56. The summed E-state index contributed by atoms with van der Waals surface area (Å²) in [5, 5.41) is 1.11. The van der Waals surface area contributed by atoms with E-state index in [0.29, 0.717) is 6.54 Å². The molecule has 1 aliphatic heterocycles. The summed E-state index contributed by atoms with van der Waals surface area (Å²) in [6, 6.07) is 16.2. The Morgan fingerprint density at radius 2 is 2.04 bits per heavy atom. The van der Waals surface area contributed by atoms with Gasteiger partial charge in [-0.25, -0.2) is 4.98 Å². The van der Waals surface area contributed by atoms with E-state index in [1.165, 1.54) is 0 Å². The highest BCUT2D eigenvalue weighted by atomic mass is 16.5. The monoisotopic (exact) mass is 375 g/mol. The summed E-state index contributed by atoms with van der Waals surface area (Å²) in [6.07, 6.45) is 1.82. The number of aromatic nitrogens is 1. The standard InChI is InChI=1S/C23H25N3O2/c1-15-5-3-6-17-13-18(14-26-12-4-7-20(26)23(24)27)22(25-21(15)17)16-8-10-19(28-2)11-9-16/h3,5-6,8-11,13,20H,4,7,12,14H2,1-2H3,(H2,24,27)/t20-/m0/s1. The Labute approximate surface area is 165 Å². The number of fused-ring (bicyclic) bond motifs is 1. The second-order valence-electron chi connectivity index (χ2n) is 7.40. The average Bonchev–Trinajstić information content (AvgIpc) is 3.16. The second-order valence-corrected chi connectivity index (χ2v) is 7.40. The Bertz CT molecular complexity index is 1010. The summed E-state index contributed by atoms with van der Waals surface area (Å²) in [6.45, 7) is 3.61. The van der Waals surface area contributed by atoms with Crippen molar-refractivity contribution in [1.82, 2.24) is 9.88 Å². The molecule has 1 aliphatic rings. The molecule has 2 N–H and O–H groups in total. The van der Waals surface area contributed by atoms with Gasteiger partial charge in [-0.05, 0) is 67.8 Å². The number of primary amides is 1. The molecule has 4 rings (SSSR count). The zero-order valence-corrected chi connectivity index (χ0v) is 16.3. The Hall–Kier alpha value is -2.92. The minimum absolute atomic E-state index is 0.197. The van der Waals surface area contributed by atoms with Crippen LogP contribution in [-0.2, 0) is 11.3 Å². The van der Waals surface area contributed by atoms with E-state index in [2.05, 4.69) is 36.1 Å². The van der Waals surface area contributed by atoms with E-state index in [4.69, 9.17) is 15.5 Å². The van der Waals surface area contributed by atoms with Gasteiger partial charge in [-0.2, -0.15) is 0 Å². The van der Waals surface area contributed by atoms with Crippen LogP contribution in [0.4, 0.5) is 0 Å². The number of rotatable bonds is 5. The van der Waals surface area contributed by atoms with E-state index in [9.17, 15) is 4.79 Å². The number of ether oxygens (including phenoxy) is 1. The molecular formula is C23H25N3O2. The molecule has 3 aromatic rings. The minimum atomic E-state index is -0.243. The lowest BCUT2D eigenvalue weighted by atomic mass is 10.0. The van der Waals surface area contributed by atoms with Gasteiger partial charge < -0.3 is 10.5 Å². The fraction of sp³-hybridized carbons (Fsp3) is 0.304. The summed E-state index contributed by atoms with van der Waals surface area (Å²) in [4.78, 5) is 19.0. The molecule has 28 heavy (non-hydrogen) atoms. The first kappa shape index (κ1) is 18.4. The maximum Gasteiger partial charge on any atom is 0.234 e. The molecule has 0 bridgehead atoms. The lowest BCUT2D eigenvalue weighted by Gasteiger charge is -2.23. The highest BCUT2D eigenvalue weighted by Gasteiger charge is 2.29. The van der Waals surface area contributed by atoms with Crippen LogP contribution < -0.4 is 10.5 Å². The summed E-state index contributed by atoms with van der Waals surface area (Å²) in [7, 11) is 1.66. The minimum Gasteiger partial charge on any atom is -0.497 e. The molecule has 1 fully saturated rings. The number of hydrogen-bond donors (Lipinski definition) is 1. The topological polar surface area (TPSA) is 68.4 Å². The van der Waals surface area contributed by atoms with Crippen LogP contribution in [0.2, 0.25) is 0 Å². The number of aryl methyl sites for hydroxylation is 1. The smallest absolute Gasteiger partial charge is 0.234 e. The van der Waals surface area contributed by atoms with Crippen molar-refractivity contribution in [2.45, 2.75) is 32.4 Å². The van der Waals surface area contributed by atoms with E-state index in [-0.39, 0.29) is 11.9 Å².